The molecule has 1 aromatic rings. The van der Waals surface area contributed by atoms with Crippen LogP contribution in [0.3, 0.4) is 0 Å². The van der Waals surface area contributed by atoms with E-state index in [0.717, 1.165) is 23.5 Å². The summed E-state index contributed by atoms with van der Waals surface area (Å²) < 4.78 is 0. The lowest BCUT2D eigenvalue weighted by atomic mass is 10.0. The SMILES string of the molecule is CC(C)CNCc1ccc(SC2CCCCC2)c(C#N)c1. The Morgan fingerprint density at radius 1 is 1.29 bits per heavy atom. The van der Waals surface area contributed by atoms with Gasteiger partial charge in [-0.15, -0.1) is 11.8 Å². The van der Waals surface area contributed by atoms with E-state index in [4.69, 9.17) is 0 Å². The van der Waals surface area contributed by atoms with Gasteiger partial charge in [0.15, 0.2) is 0 Å². The summed E-state index contributed by atoms with van der Waals surface area (Å²) in [6.45, 7) is 6.27. The van der Waals surface area contributed by atoms with Crippen molar-refractivity contribution in [3.05, 3.63) is 29.3 Å². The number of hydrogen-bond acceptors (Lipinski definition) is 3. The van der Waals surface area contributed by atoms with E-state index in [1.54, 1.807) is 0 Å². The number of nitrogens with zero attached hydrogens (tertiary/aromatic N) is 1. The summed E-state index contributed by atoms with van der Waals surface area (Å²) in [6.07, 6.45) is 6.66. The van der Waals surface area contributed by atoms with Gasteiger partial charge in [0.1, 0.15) is 6.07 Å². The number of thioether (sulfide) groups is 1. The monoisotopic (exact) mass is 302 g/mol. The number of nitrogens with one attached hydrogen (secondary N) is 1. The number of rotatable bonds is 6. The number of benzene rings is 1. The highest BCUT2D eigenvalue weighted by Crippen LogP contribution is 2.35. The molecule has 0 amide bonds. The molecule has 1 N–H and O–H groups in total. The van der Waals surface area contributed by atoms with Crippen LogP contribution in [-0.2, 0) is 6.54 Å². The Balaban J connectivity index is 1.97. The summed E-state index contributed by atoms with van der Waals surface area (Å²) in [4.78, 5) is 1.16. The van der Waals surface area contributed by atoms with E-state index in [1.165, 1.54) is 37.7 Å². The standard InChI is InChI=1S/C18H26N2S/c1-14(2)12-20-13-15-8-9-18(16(10-15)11-19)21-17-6-4-3-5-7-17/h8-10,14,17,20H,3-7,12-13H2,1-2H3. The molecular weight excluding hydrogens is 276 g/mol. The van der Waals surface area contributed by atoms with Gasteiger partial charge in [0.05, 0.1) is 5.56 Å². The maximum Gasteiger partial charge on any atom is 0.100 e. The lowest BCUT2D eigenvalue weighted by molar-refractivity contribution is 0.516. The molecule has 0 bridgehead atoms. The normalized spacial score (nSPS) is 16.1. The summed E-state index contributed by atoms with van der Waals surface area (Å²) in [7, 11) is 0. The van der Waals surface area contributed by atoms with E-state index < -0.39 is 0 Å². The zero-order chi connectivity index (χ0) is 15.1. The lowest BCUT2D eigenvalue weighted by Crippen LogP contribution is -2.19. The maximum absolute atomic E-state index is 9.40. The van der Waals surface area contributed by atoms with Gasteiger partial charge in [-0.1, -0.05) is 39.2 Å². The summed E-state index contributed by atoms with van der Waals surface area (Å²) in [5.74, 6) is 0.654. The first-order valence-corrected chi connectivity index (χ1v) is 8.97. The largest absolute Gasteiger partial charge is 0.312 e. The quantitative estimate of drug-likeness (QED) is 0.825. The van der Waals surface area contributed by atoms with Gasteiger partial charge in [0.25, 0.3) is 0 Å². The molecule has 0 unspecified atom stereocenters. The molecule has 2 rings (SSSR count). The predicted octanol–water partition coefficient (Wildman–Crippen LogP) is 4.73. The molecular formula is C18H26N2S. The van der Waals surface area contributed by atoms with Crippen LogP contribution < -0.4 is 5.32 Å². The van der Waals surface area contributed by atoms with Crippen molar-refractivity contribution in [3.63, 3.8) is 0 Å². The van der Waals surface area contributed by atoms with E-state index >= 15 is 0 Å². The van der Waals surface area contributed by atoms with Crippen LogP contribution in [0, 0.1) is 17.2 Å². The summed E-state index contributed by atoms with van der Waals surface area (Å²) >= 11 is 1.91. The molecule has 114 valence electrons. The van der Waals surface area contributed by atoms with Crippen molar-refractivity contribution in [2.45, 2.75) is 62.6 Å². The molecule has 0 heterocycles. The zero-order valence-corrected chi connectivity index (χ0v) is 14.0. The molecule has 0 atom stereocenters. The van der Waals surface area contributed by atoms with E-state index in [1.807, 2.05) is 11.8 Å². The van der Waals surface area contributed by atoms with Gasteiger partial charge in [0, 0.05) is 16.7 Å². The smallest absolute Gasteiger partial charge is 0.100 e. The Morgan fingerprint density at radius 2 is 2.05 bits per heavy atom. The Bertz CT molecular complexity index is 484. The molecule has 1 aliphatic carbocycles. The highest BCUT2D eigenvalue weighted by atomic mass is 32.2. The van der Waals surface area contributed by atoms with Crippen LogP contribution >= 0.6 is 11.8 Å². The molecule has 21 heavy (non-hydrogen) atoms. The summed E-state index contributed by atoms with van der Waals surface area (Å²) in [5, 5.41) is 13.5. The second-order valence-electron chi connectivity index (χ2n) is 6.34. The van der Waals surface area contributed by atoms with Crippen LogP contribution in [0.2, 0.25) is 0 Å². The molecule has 1 aliphatic rings. The van der Waals surface area contributed by atoms with Gasteiger partial charge in [-0.05, 0) is 43.0 Å². The average Bonchev–Trinajstić information content (AvgIpc) is 2.49. The average molecular weight is 302 g/mol. The van der Waals surface area contributed by atoms with Crippen LogP contribution in [0.25, 0.3) is 0 Å². The van der Waals surface area contributed by atoms with Gasteiger partial charge < -0.3 is 5.32 Å². The lowest BCUT2D eigenvalue weighted by Gasteiger charge is -2.21. The molecule has 3 heteroatoms. The van der Waals surface area contributed by atoms with Crippen molar-refractivity contribution >= 4 is 11.8 Å². The Morgan fingerprint density at radius 3 is 2.71 bits per heavy atom. The topological polar surface area (TPSA) is 35.8 Å². The van der Waals surface area contributed by atoms with Crippen LogP contribution in [0.4, 0.5) is 0 Å². The van der Waals surface area contributed by atoms with Gasteiger partial charge in [0.2, 0.25) is 0 Å². The minimum atomic E-state index is 0.654. The first kappa shape index (κ1) is 16.4. The van der Waals surface area contributed by atoms with Crippen molar-refractivity contribution in [1.29, 1.82) is 5.26 Å². The molecule has 0 spiro atoms. The van der Waals surface area contributed by atoms with Crippen molar-refractivity contribution in [2.24, 2.45) is 5.92 Å². The molecule has 0 aromatic heterocycles. The fraction of sp³-hybridized carbons (Fsp3) is 0.611. The fourth-order valence-electron chi connectivity index (χ4n) is 2.74. The zero-order valence-electron chi connectivity index (χ0n) is 13.2. The third kappa shape index (κ3) is 5.37. The third-order valence-electron chi connectivity index (χ3n) is 3.89. The molecule has 2 nitrogen and oxygen atoms in total. The summed E-state index contributed by atoms with van der Waals surface area (Å²) in [5.41, 5.74) is 2.05. The highest BCUT2D eigenvalue weighted by Gasteiger charge is 2.16. The molecule has 1 saturated carbocycles. The molecule has 1 aromatic carbocycles. The van der Waals surface area contributed by atoms with E-state index in [0.29, 0.717) is 11.2 Å². The Labute approximate surface area is 133 Å². The second kappa shape index (κ2) is 8.46. The molecule has 0 radical (unpaired) electrons. The first-order valence-electron chi connectivity index (χ1n) is 8.09. The molecule has 0 aliphatic heterocycles. The summed E-state index contributed by atoms with van der Waals surface area (Å²) in [6, 6.07) is 8.74. The van der Waals surface area contributed by atoms with Gasteiger partial charge in [-0.3, -0.25) is 0 Å². The van der Waals surface area contributed by atoms with Gasteiger partial charge in [-0.25, -0.2) is 0 Å². The maximum atomic E-state index is 9.40. The van der Waals surface area contributed by atoms with Crippen LogP contribution in [0.5, 0.6) is 0 Å². The van der Waals surface area contributed by atoms with E-state index in [2.05, 4.69) is 43.4 Å². The minimum absolute atomic E-state index is 0.654. The van der Waals surface area contributed by atoms with Gasteiger partial charge >= 0.3 is 0 Å². The fourth-order valence-corrected chi connectivity index (χ4v) is 4.05. The predicted molar refractivity (Wildman–Crippen MR) is 90.4 cm³/mol. The Kier molecular flexibility index (Phi) is 6.60. The van der Waals surface area contributed by atoms with Crippen molar-refractivity contribution in [3.8, 4) is 6.07 Å². The first-order chi connectivity index (χ1) is 10.2. The van der Waals surface area contributed by atoms with Crippen LogP contribution in [0.1, 0.15) is 57.1 Å². The molecule has 1 fully saturated rings. The molecule has 0 saturated heterocycles. The second-order valence-corrected chi connectivity index (χ2v) is 7.69. The minimum Gasteiger partial charge on any atom is -0.312 e. The highest BCUT2D eigenvalue weighted by molar-refractivity contribution is 8.00. The van der Waals surface area contributed by atoms with Crippen LogP contribution in [0.15, 0.2) is 23.1 Å². The van der Waals surface area contributed by atoms with Gasteiger partial charge in [-0.2, -0.15) is 5.26 Å². The Hall–Kier alpha value is -0.980. The van der Waals surface area contributed by atoms with Crippen molar-refractivity contribution in [2.75, 3.05) is 6.54 Å². The third-order valence-corrected chi connectivity index (χ3v) is 5.31. The van der Waals surface area contributed by atoms with E-state index in [-0.39, 0.29) is 0 Å². The van der Waals surface area contributed by atoms with Crippen molar-refractivity contribution < 1.29 is 0 Å². The van der Waals surface area contributed by atoms with Crippen LogP contribution in [-0.4, -0.2) is 11.8 Å². The number of nitriles is 1. The van der Waals surface area contributed by atoms with Crippen molar-refractivity contribution in [1.82, 2.24) is 5.32 Å². The van der Waals surface area contributed by atoms with E-state index in [9.17, 15) is 5.26 Å². The number of hydrogen-bond donors (Lipinski definition) is 1.